The maximum Gasteiger partial charge on any atom is 0.254 e. The molecule has 120 valence electrons. The number of rotatable bonds is 3. The Bertz CT molecular complexity index is 948. The molecule has 3 aromatic rings. The number of amides is 1. The van der Waals surface area contributed by atoms with Crippen molar-refractivity contribution in [3.05, 3.63) is 65.7 Å². The van der Waals surface area contributed by atoms with E-state index in [0.717, 1.165) is 16.3 Å². The van der Waals surface area contributed by atoms with Gasteiger partial charge in [0.2, 0.25) is 0 Å². The second-order valence-electron chi connectivity index (χ2n) is 5.41. The van der Waals surface area contributed by atoms with Crippen molar-refractivity contribution in [2.45, 2.75) is 6.92 Å². The molecule has 5 nitrogen and oxygen atoms in total. The molecule has 5 heteroatoms. The van der Waals surface area contributed by atoms with Crippen LogP contribution in [-0.2, 0) is 0 Å². The third-order valence-corrected chi connectivity index (χ3v) is 3.84. The number of phenolic OH excluding ortho intramolecular Hbond substituents is 1. The fourth-order valence-electron chi connectivity index (χ4n) is 2.51. The summed E-state index contributed by atoms with van der Waals surface area (Å²) in [4.78, 5) is 12.0. The van der Waals surface area contributed by atoms with Crippen LogP contribution in [0.2, 0.25) is 0 Å². The predicted octanol–water partition coefficient (Wildman–Crippen LogP) is 4.63. The minimum atomic E-state index is -0.370. The summed E-state index contributed by atoms with van der Waals surface area (Å²) in [5.41, 5.74) is 2.16. The van der Waals surface area contributed by atoms with Crippen LogP contribution in [0, 0.1) is 6.92 Å². The molecule has 0 unspecified atom stereocenters. The number of nitrogens with one attached hydrogen (secondary N) is 1. The Labute approximate surface area is 139 Å². The van der Waals surface area contributed by atoms with E-state index in [0.29, 0.717) is 5.69 Å². The summed E-state index contributed by atoms with van der Waals surface area (Å²) in [6.45, 7) is 1.94. The number of nitrogens with zero attached hydrogens (tertiary/aromatic N) is 2. The van der Waals surface area contributed by atoms with Crippen molar-refractivity contribution in [1.82, 2.24) is 5.32 Å². The van der Waals surface area contributed by atoms with Crippen LogP contribution >= 0.6 is 0 Å². The zero-order valence-corrected chi connectivity index (χ0v) is 13.4. The number of aryl methyl sites for hydroxylation is 1. The van der Waals surface area contributed by atoms with E-state index in [9.17, 15) is 9.90 Å². The highest BCUT2D eigenvalue weighted by molar-refractivity contribution is 6.06. The molecule has 3 aromatic carbocycles. The van der Waals surface area contributed by atoms with E-state index in [2.05, 4.69) is 15.5 Å². The van der Waals surface area contributed by atoms with Crippen LogP contribution in [0.3, 0.4) is 0 Å². The van der Waals surface area contributed by atoms with Gasteiger partial charge in [0, 0.05) is 12.4 Å². The summed E-state index contributed by atoms with van der Waals surface area (Å²) in [5.74, 6) is -0.545. The third kappa shape index (κ3) is 2.84. The molecule has 0 radical (unpaired) electrons. The number of carbonyl (C=O) groups excluding carboxylic acids is 1. The van der Waals surface area contributed by atoms with Crippen molar-refractivity contribution in [1.29, 1.82) is 0 Å². The van der Waals surface area contributed by atoms with Crippen molar-refractivity contribution in [2.24, 2.45) is 10.2 Å². The molecule has 2 N–H and O–H groups in total. The molecule has 0 aliphatic rings. The monoisotopic (exact) mass is 319 g/mol. The van der Waals surface area contributed by atoms with Gasteiger partial charge in [0.05, 0.1) is 11.3 Å². The van der Waals surface area contributed by atoms with Gasteiger partial charge in [0.15, 0.2) is 5.75 Å². The van der Waals surface area contributed by atoms with Gasteiger partial charge < -0.3 is 10.4 Å². The average Bonchev–Trinajstić information content (AvgIpc) is 2.61. The first-order valence-corrected chi connectivity index (χ1v) is 7.56. The first-order chi connectivity index (χ1) is 11.6. The van der Waals surface area contributed by atoms with Gasteiger partial charge in [-0.2, -0.15) is 5.11 Å². The normalized spacial score (nSPS) is 11.1. The minimum absolute atomic E-state index is 0.176. The quantitative estimate of drug-likeness (QED) is 0.691. The first-order valence-electron chi connectivity index (χ1n) is 7.56. The Balaban J connectivity index is 2.20. The molecule has 24 heavy (non-hydrogen) atoms. The first kappa shape index (κ1) is 15.7. The molecular formula is C19H17N3O2. The van der Waals surface area contributed by atoms with Gasteiger partial charge in [-0.1, -0.05) is 42.5 Å². The van der Waals surface area contributed by atoms with Crippen LogP contribution in [0.1, 0.15) is 15.9 Å². The van der Waals surface area contributed by atoms with Crippen molar-refractivity contribution >= 4 is 28.1 Å². The highest BCUT2D eigenvalue weighted by Gasteiger charge is 2.17. The lowest BCUT2D eigenvalue weighted by atomic mass is 10.0. The highest BCUT2D eigenvalue weighted by Crippen LogP contribution is 2.39. The zero-order valence-electron chi connectivity index (χ0n) is 13.4. The Hall–Kier alpha value is -3.21. The zero-order chi connectivity index (χ0) is 17.1. The van der Waals surface area contributed by atoms with E-state index in [1.54, 1.807) is 6.07 Å². The standard InChI is InChI=1S/C19H17N3O2/c1-12-7-3-6-10-16(12)21-22-17-14-9-5-4-8-13(14)11-15(18(17)23)19(24)20-2/h3-11,23H,1-2H3,(H,20,24)/b22-21+. The minimum Gasteiger partial charge on any atom is -0.505 e. The lowest BCUT2D eigenvalue weighted by Gasteiger charge is -2.09. The number of carbonyl (C=O) groups is 1. The number of hydrogen-bond acceptors (Lipinski definition) is 4. The van der Waals surface area contributed by atoms with Crippen LogP contribution in [-0.4, -0.2) is 18.1 Å². The predicted molar refractivity (Wildman–Crippen MR) is 94.4 cm³/mol. The molecule has 1 amide bonds. The molecule has 0 bridgehead atoms. The van der Waals surface area contributed by atoms with Gasteiger partial charge in [-0.05, 0) is 30.0 Å². The van der Waals surface area contributed by atoms with E-state index >= 15 is 0 Å². The van der Waals surface area contributed by atoms with Crippen molar-refractivity contribution in [3.8, 4) is 5.75 Å². The summed E-state index contributed by atoms with van der Waals surface area (Å²) in [6, 6.07) is 16.7. The fraction of sp³-hybridized carbons (Fsp3) is 0.105. The van der Waals surface area contributed by atoms with Crippen molar-refractivity contribution in [3.63, 3.8) is 0 Å². The van der Waals surface area contributed by atoms with Gasteiger partial charge in [0.25, 0.3) is 5.91 Å². The van der Waals surface area contributed by atoms with Gasteiger partial charge in [-0.25, -0.2) is 0 Å². The average molecular weight is 319 g/mol. The van der Waals surface area contributed by atoms with E-state index < -0.39 is 0 Å². The number of aromatic hydroxyl groups is 1. The lowest BCUT2D eigenvalue weighted by Crippen LogP contribution is -2.17. The van der Waals surface area contributed by atoms with E-state index in [4.69, 9.17) is 0 Å². The van der Waals surface area contributed by atoms with Gasteiger partial charge in [-0.3, -0.25) is 4.79 Å². The smallest absolute Gasteiger partial charge is 0.254 e. The van der Waals surface area contributed by atoms with Gasteiger partial charge >= 0.3 is 0 Å². The maximum absolute atomic E-state index is 12.0. The van der Waals surface area contributed by atoms with E-state index in [-0.39, 0.29) is 22.9 Å². The third-order valence-electron chi connectivity index (χ3n) is 3.84. The second-order valence-corrected chi connectivity index (χ2v) is 5.41. The Kier molecular flexibility index (Phi) is 4.24. The topological polar surface area (TPSA) is 74.0 Å². The molecule has 0 fully saturated rings. The van der Waals surface area contributed by atoms with Crippen LogP contribution in [0.25, 0.3) is 10.8 Å². The number of hydrogen-bond donors (Lipinski definition) is 2. The molecule has 3 rings (SSSR count). The Morgan fingerprint density at radius 2 is 1.75 bits per heavy atom. The Morgan fingerprint density at radius 3 is 2.50 bits per heavy atom. The molecule has 0 aromatic heterocycles. The van der Waals surface area contributed by atoms with E-state index in [1.807, 2.05) is 55.5 Å². The van der Waals surface area contributed by atoms with Crippen LogP contribution in [0.15, 0.2) is 64.8 Å². The summed E-state index contributed by atoms with van der Waals surface area (Å²) < 4.78 is 0. The maximum atomic E-state index is 12.0. The molecule has 0 atom stereocenters. The number of azo groups is 1. The number of benzene rings is 3. The van der Waals surface area contributed by atoms with Gasteiger partial charge in [0.1, 0.15) is 5.69 Å². The fourth-order valence-corrected chi connectivity index (χ4v) is 2.51. The summed E-state index contributed by atoms with van der Waals surface area (Å²) in [5, 5.41) is 23.1. The van der Waals surface area contributed by atoms with E-state index in [1.165, 1.54) is 7.05 Å². The van der Waals surface area contributed by atoms with Crippen molar-refractivity contribution in [2.75, 3.05) is 7.05 Å². The molecule has 0 heterocycles. The largest absolute Gasteiger partial charge is 0.505 e. The highest BCUT2D eigenvalue weighted by atomic mass is 16.3. The van der Waals surface area contributed by atoms with Gasteiger partial charge in [-0.15, -0.1) is 5.11 Å². The summed E-state index contributed by atoms with van der Waals surface area (Å²) >= 11 is 0. The van der Waals surface area contributed by atoms with Crippen molar-refractivity contribution < 1.29 is 9.90 Å². The van der Waals surface area contributed by atoms with Crippen LogP contribution in [0.4, 0.5) is 11.4 Å². The SMILES string of the molecule is CNC(=O)c1cc2ccccc2c(/N=N/c2ccccc2C)c1O. The number of fused-ring (bicyclic) bond motifs is 1. The molecule has 0 aliphatic carbocycles. The summed E-state index contributed by atoms with van der Waals surface area (Å²) in [6.07, 6.45) is 0. The molecule has 0 saturated heterocycles. The molecular weight excluding hydrogens is 302 g/mol. The second kappa shape index (κ2) is 6.50. The Morgan fingerprint density at radius 1 is 1.04 bits per heavy atom. The van der Waals surface area contributed by atoms with Crippen LogP contribution in [0.5, 0.6) is 5.75 Å². The summed E-state index contributed by atoms with van der Waals surface area (Å²) in [7, 11) is 1.52. The molecule has 0 saturated carbocycles. The number of phenols is 1. The molecule has 0 spiro atoms. The molecule has 0 aliphatic heterocycles. The lowest BCUT2D eigenvalue weighted by molar-refractivity contribution is 0.0960. The van der Waals surface area contributed by atoms with Crippen LogP contribution < -0.4 is 5.32 Å².